The number of hydrogen-bond acceptors (Lipinski definition) is 2. The van der Waals surface area contributed by atoms with Crippen LogP contribution in [0.3, 0.4) is 0 Å². The molecule has 1 saturated carbocycles. The standard InChI is InChI=1S/C15H18F2N2O/c1-2-9-19(10-5-3-4-6-10)15(20)13-11(16)7-8-12(18)14(13)17/h2,7-8,10H,1,3-6,9,18H2. The first kappa shape index (κ1) is 14.5. The Balaban J connectivity index is 2.36. The van der Waals surface area contributed by atoms with Gasteiger partial charge in [0.05, 0.1) is 5.69 Å². The molecule has 1 aliphatic rings. The number of anilines is 1. The Labute approximate surface area is 117 Å². The van der Waals surface area contributed by atoms with Gasteiger partial charge in [-0.05, 0) is 25.0 Å². The highest BCUT2D eigenvalue weighted by Gasteiger charge is 2.30. The fourth-order valence-electron chi connectivity index (χ4n) is 2.66. The molecule has 1 amide bonds. The molecule has 2 rings (SSSR count). The van der Waals surface area contributed by atoms with Crippen molar-refractivity contribution in [3.63, 3.8) is 0 Å². The molecular weight excluding hydrogens is 262 g/mol. The van der Waals surface area contributed by atoms with Crippen LogP contribution in [0.5, 0.6) is 0 Å². The predicted molar refractivity (Wildman–Crippen MR) is 74.3 cm³/mol. The van der Waals surface area contributed by atoms with Gasteiger partial charge in [0.2, 0.25) is 0 Å². The van der Waals surface area contributed by atoms with Crippen molar-refractivity contribution in [2.45, 2.75) is 31.7 Å². The van der Waals surface area contributed by atoms with Crippen molar-refractivity contribution < 1.29 is 13.6 Å². The van der Waals surface area contributed by atoms with Crippen LogP contribution in [0.2, 0.25) is 0 Å². The summed E-state index contributed by atoms with van der Waals surface area (Å²) in [5.41, 5.74) is 4.63. The van der Waals surface area contributed by atoms with Gasteiger partial charge in [0, 0.05) is 12.6 Å². The minimum atomic E-state index is -0.984. The van der Waals surface area contributed by atoms with Gasteiger partial charge in [-0.1, -0.05) is 18.9 Å². The van der Waals surface area contributed by atoms with E-state index >= 15 is 0 Å². The molecule has 0 heterocycles. The van der Waals surface area contributed by atoms with Gasteiger partial charge < -0.3 is 10.6 Å². The maximum atomic E-state index is 14.0. The third-order valence-corrected chi connectivity index (χ3v) is 3.69. The molecule has 2 N–H and O–H groups in total. The molecule has 0 bridgehead atoms. The third-order valence-electron chi connectivity index (χ3n) is 3.69. The number of carbonyl (C=O) groups excluding carboxylic acids is 1. The molecule has 1 aromatic carbocycles. The number of nitrogens with zero attached hydrogens (tertiary/aromatic N) is 1. The van der Waals surface area contributed by atoms with Crippen LogP contribution in [0.1, 0.15) is 36.0 Å². The highest BCUT2D eigenvalue weighted by atomic mass is 19.1. The lowest BCUT2D eigenvalue weighted by molar-refractivity contribution is 0.0696. The normalized spacial score (nSPS) is 15.3. The fourth-order valence-corrected chi connectivity index (χ4v) is 2.66. The van der Waals surface area contributed by atoms with Crippen LogP contribution in [-0.4, -0.2) is 23.4 Å². The van der Waals surface area contributed by atoms with Gasteiger partial charge in [-0.15, -0.1) is 6.58 Å². The van der Waals surface area contributed by atoms with Crippen molar-refractivity contribution in [3.05, 3.63) is 42.0 Å². The second-order valence-corrected chi connectivity index (χ2v) is 5.01. The van der Waals surface area contributed by atoms with Crippen LogP contribution in [0.25, 0.3) is 0 Å². The van der Waals surface area contributed by atoms with E-state index < -0.39 is 23.1 Å². The fraction of sp³-hybridized carbons (Fsp3) is 0.400. The van der Waals surface area contributed by atoms with Crippen molar-refractivity contribution in [2.24, 2.45) is 0 Å². The SMILES string of the molecule is C=CCN(C(=O)c1c(F)ccc(N)c1F)C1CCCC1. The van der Waals surface area contributed by atoms with E-state index in [9.17, 15) is 13.6 Å². The molecule has 0 spiro atoms. The molecule has 1 aliphatic carbocycles. The zero-order valence-corrected chi connectivity index (χ0v) is 11.2. The lowest BCUT2D eigenvalue weighted by Crippen LogP contribution is -2.39. The maximum absolute atomic E-state index is 14.0. The molecule has 3 nitrogen and oxygen atoms in total. The molecule has 108 valence electrons. The van der Waals surface area contributed by atoms with Gasteiger partial charge in [0.1, 0.15) is 11.4 Å². The van der Waals surface area contributed by atoms with Crippen LogP contribution >= 0.6 is 0 Å². The number of nitrogen functional groups attached to an aromatic ring is 1. The Bertz CT molecular complexity index is 525. The summed E-state index contributed by atoms with van der Waals surface area (Å²) in [4.78, 5) is 13.9. The number of carbonyl (C=O) groups is 1. The summed E-state index contributed by atoms with van der Waals surface area (Å²) in [7, 11) is 0. The van der Waals surface area contributed by atoms with Gasteiger partial charge in [-0.25, -0.2) is 8.78 Å². The number of amides is 1. The minimum absolute atomic E-state index is 0.0146. The van der Waals surface area contributed by atoms with E-state index in [1.807, 2.05) is 0 Å². The van der Waals surface area contributed by atoms with Gasteiger partial charge >= 0.3 is 0 Å². The first-order chi connectivity index (χ1) is 9.56. The molecule has 0 aliphatic heterocycles. The number of rotatable bonds is 4. The molecule has 0 saturated heterocycles. The average Bonchev–Trinajstić information content (AvgIpc) is 2.94. The van der Waals surface area contributed by atoms with E-state index in [4.69, 9.17) is 5.73 Å². The van der Waals surface area contributed by atoms with E-state index in [-0.39, 0.29) is 18.3 Å². The van der Waals surface area contributed by atoms with Gasteiger partial charge in [0.15, 0.2) is 5.82 Å². The smallest absolute Gasteiger partial charge is 0.260 e. The Morgan fingerprint density at radius 1 is 1.40 bits per heavy atom. The average molecular weight is 280 g/mol. The van der Waals surface area contributed by atoms with Crippen LogP contribution in [-0.2, 0) is 0 Å². The highest BCUT2D eigenvalue weighted by molar-refractivity contribution is 5.96. The first-order valence-corrected chi connectivity index (χ1v) is 6.71. The van der Waals surface area contributed by atoms with Crippen molar-refractivity contribution in [1.29, 1.82) is 0 Å². The Hall–Kier alpha value is -1.91. The number of halogens is 2. The first-order valence-electron chi connectivity index (χ1n) is 6.71. The van der Waals surface area contributed by atoms with E-state index in [2.05, 4.69) is 6.58 Å². The van der Waals surface area contributed by atoms with E-state index in [0.29, 0.717) is 0 Å². The van der Waals surface area contributed by atoms with Gasteiger partial charge in [0.25, 0.3) is 5.91 Å². The molecule has 1 aromatic rings. The Morgan fingerprint density at radius 3 is 2.65 bits per heavy atom. The second kappa shape index (κ2) is 6.03. The topological polar surface area (TPSA) is 46.3 Å². The van der Waals surface area contributed by atoms with Crippen LogP contribution in [0, 0.1) is 11.6 Å². The van der Waals surface area contributed by atoms with Crippen molar-refractivity contribution >= 4 is 11.6 Å². The Kier molecular flexibility index (Phi) is 4.37. The zero-order chi connectivity index (χ0) is 14.7. The van der Waals surface area contributed by atoms with Gasteiger partial charge in [-0.3, -0.25) is 4.79 Å². The maximum Gasteiger partial charge on any atom is 0.260 e. The van der Waals surface area contributed by atoms with Crippen molar-refractivity contribution in [3.8, 4) is 0 Å². The lowest BCUT2D eigenvalue weighted by Gasteiger charge is -2.28. The van der Waals surface area contributed by atoms with E-state index in [1.54, 1.807) is 6.08 Å². The largest absolute Gasteiger partial charge is 0.396 e. The van der Waals surface area contributed by atoms with Gasteiger partial charge in [-0.2, -0.15) is 0 Å². The minimum Gasteiger partial charge on any atom is -0.396 e. The summed E-state index contributed by atoms with van der Waals surface area (Å²) in [6, 6.07) is 2.15. The third kappa shape index (κ3) is 2.66. The second-order valence-electron chi connectivity index (χ2n) is 5.01. The summed E-state index contributed by atoms with van der Waals surface area (Å²) in [6.45, 7) is 3.88. The zero-order valence-electron chi connectivity index (χ0n) is 11.2. The highest BCUT2D eigenvalue weighted by Crippen LogP contribution is 2.27. The number of hydrogen-bond donors (Lipinski definition) is 1. The molecule has 20 heavy (non-hydrogen) atoms. The van der Waals surface area contributed by atoms with Crippen molar-refractivity contribution in [1.82, 2.24) is 4.90 Å². The predicted octanol–water partition coefficient (Wildman–Crippen LogP) is 3.12. The Morgan fingerprint density at radius 2 is 2.05 bits per heavy atom. The molecule has 0 unspecified atom stereocenters. The van der Waals surface area contributed by atoms with Crippen LogP contribution < -0.4 is 5.73 Å². The van der Waals surface area contributed by atoms with Crippen LogP contribution in [0.15, 0.2) is 24.8 Å². The molecule has 0 aromatic heterocycles. The van der Waals surface area contributed by atoms with E-state index in [0.717, 1.165) is 37.8 Å². The summed E-state index contributed by atoms with van der Waals surface area (Å²) in [5, 5.41) is 0. The van der Waals surface area contributed by atoms with Crippen LogP contribution in [0.4, 0.5) is 14.5 Å². The quantitative estimate of drug-likeness (QED) is 0.680. The monoisotopic (exact) mass is 280 g/mol. The molecular formula is C15H18F2N2O. The lowest BCUT2D eigenvalue weighted by atomic mass is 10.1. The summed E-state index contributed by atoms with van der Waals surface area (Å²) in [6.07, 6.45) is 5.32. The molecule has 5 heteroatoms. The molecule has 0 radical (unpaired) electrons. The van der Waals surface area contributed by atoms with Crippen molar-refractivity contribution in [2.75, 3.05) is 12.3 Å². The summed E-state index contributed by atoms with van der Waals surface area (Å²) in [5.74, 6) is -2.52. The van der Waals surface area contributed by atoms with E-state index in [1.165, 1.54) is 4.90 Å². The summed E-state index contributed by atoms with van der Waals surface area (Å²) >= 11 is 0. The summed E-state index contributed by atoms with van der Waals surface area (Å²) < 4.78 is 27.8. The number of nitrogens with two attached hydrogens (primary N) is 1. The number of benzene rings is 1. The molecule has 0 atom stereocenters. The molecule has 1 fully saturated rings.